The van der Waals surface area contributed by atoms with Crippen molar-refractivity contribution < 1.29 is 29.3 Å². The Labute approximate surface area is 189 Å². The molecule has 0 aromatic carbocycles. The van der Waals surface area contributed by atoms with Crippen molar-refractivity contribution in [1.82, 2.24) is 0 Å². The van der Waals surface area contributed by atoms with Gasteiger partial charge in [0.2, 0.25) is 0 Å². The molecule has 9 unspecified atom stereocenters. The molecule has 0 aromatic rings. The molecule has 174 valence electrons. The summed E-state index contributed by atoms with van der Waals surface area (Å²) in [6, 6.07) is 0. The molecule has 6 heteroatoms. The molecule has 0 amide bonds. The smallest absolute Gasteiger partial charge is 0.251 e. The third-order valence-corrected chi connectivity index (χ3v) is 10.3. The second-order valence-corrected chi connectivity index (χ2v) is 12.8. The highest BCUT2D eigenvalue weighted by Crippen LogP contribution is 2.85. The number of rotatable bonds is 2. The summed E-state index contributed by atoms with van der Waals surface area (Å²) < 4.78 is 12.6. The lowest BCUT2D eigenvalue weighted by Gasteiger charge is -2.82. The molecule has 0 saturated heterocycles. The van der Waals surface area contributed by atoms with Crippen molar-refractivity contribution in [3.63, 3.8) is 0 Å². The maximum Gasteiger partial charge on any atom is 0.251 e. The average Bonchev–Trinajstić information content (AvgIpc) is 2.86. The van der Waals surface area contributed by atoms with E-state index in [4.69, 9.17) is 9.47 Å². The average molecular weight is 443 g/mol. The van der Waals surface area contributed by atoms with E-state index in [1.165, 1.54) is 20.1 Å². The number of Topliss-reactive ketones (excluding diaryl/α,β-unsaturated/α-hetero) is 1. The largest absolute Gasteiger partial charge is 0.466 e. The summed E-state index contributed by atoms with van der Waals surface area (Å²) in [6.07, 6.45) is 7.11. The first kappa shape index (κ1) is 21.1. The third-order valence-electron chi connectivity index (χ3n) is 10.3. The number of aliphatic hydroxyl groups is 2. The fraction of sp³-hybridized carbons (Fsp3) is 0.769. The Hall–Kier alpha value is -1.50. The Morgan fingerprint density at radius 3 is 2.47 bits per heavy atom. The van der Waals surface area contributed by atoms with Crippen LogP contribution in [0.5, 0.6) is 0 Å². The summed E-state index contributed by atoms with van der Waals surface area (Å²) in [5.74, 6) is -4.19. The topological polar surface area (TPSA) is 93.1 Å². The van der Waals surface area contributed by atoms with E-state index in [9.17, 15) is 19.8 Å². The van der Waals surface area contributed by atoms with Crippen molar-refractivity contribution in [2.75, 3.05) is 0 Å². The molecule has 6 nitrogen and oxygen atoms in total. The van der Waals surface area contributed by atoms with E-state index >= 15 is 0 Å². The second kappa shape index (κ2) is 5.42. The number of ether oxygens (including phenoxy) is 2. The molecule has 4 fully saturated rings. The zero-order valence-electron chi connectivity index (χ0n) is 19.7. The Morgan fingerprint density at radius 2 is 1.81 bits per heavy atom. The molecule has 7 aliphatic rings. The van der Waals surface area contributed by atoms with Gasteiger partial charge in [-0.15, -0.1) is 0 Å². The highest BCUT2D eigenvalue weighted by atomic mass is 16.8. The minimum atomic E-state index is -1.74. The first-order valence-corrected chi connectivity index (χ1v) is 11.9. The Balaban J connectivity index is 1.67. The second-order valence-electron chi connectivity index (χ2n) is 12.8. The summed E-state index contributed by atoms with van der Waals surface area (Å²) >= 11 is 0. The normalized spacial score (nSPS) is 53.2. The number of allylic oxidation sites excluding steroid dienone is 3. The molecule has 2 bridgehead atoms. The Bertz CT molecular complexity index is 1000. The van der Waals surface area contributed by atoms with Gasteiger partial charge in [0.1, 0.15) is 17.3 Å². The van der Waals surface area contributed by atoms with Crippen molar-refractivity contribution in [1.29, 1.82) is 0 Å². The van der Waals surface area contributed by atoms with Crippen LogP contribution in [0.25, 0.3) is 0 Å². The Morgan fingerprint density at radius 1 is 1.12 bits per heavy atom. The van der Waals surface area contributed by atoms with Gasteiger partial charge in [0, 0.05) is 11.8 Å². The summed E-state index contributed by atoms with van der Waals surface area (Å²) in [5, 5.41) is 22.9. The third kappa shape index (κ3) is 1.83. The molecule has 32 heavy (non-hydrogen) atoms. The van der Waals surface area contributed by atoms with Gasteiger partial charge in [-0.2, -0.15) is 0 Å². The maximum atomic E-state index is 14.2. The van der Waals surface area contributed by atoms with Crippen LogP contribution in [-0.2, 0) is 19.1 Å². The molecular weight excluding hydrogens is 408 g/mol. The highest BCUT2D eigenvalue weighted by molar-refractivity contribution is 6.03. The number of aliphatic hydroxyl groups excluding tert-OH is 1. The lowest BCUT2D eigenvalue weighted by molar-refractivity contribution is -0.454. The van der Waals surface area contributed by atoms with Crippen molar-refractivity contribution in [3.05, 3.63) is 24.5 Å². The first-order valence-electron chi connectivity index (χ1n) is 11.9. The van der Waals surface area contributed by atoms with Crippen molar-refractivity contribution in [2.45, 2.75) is 72.1 Å². The van der Waals surface area contributed by atoms with Gasteiger partial charge in [-0.3, -0.25) is 9.59 Å². The molecule has 9 atom stereocenters. The summed E-state index contributed by atoms with van der Waals surface area (Å²) in [5.41, 5.74) is -2.86. The monoisotopic (exact) mass is 442 g/mol. The molecule has 4 saturated carbocycles. The molecule has 0 radical (unpaired) electrons. The van der Waals surface area contributed by atoms with Crippen LogP contribution >= 0.6 is 0 Å². The summed E-state index contributed by atoms with van der Waals surface area (Å²) in [4.78, 5) is 27.9. The lowest BCUT2D eigenvalue weighted by atomic mass is 9.20. The van der Waals surface area contributed by atoms with Crippen LogP contribution in [-0.4, -0.2) is 39.5 Å². The van der Waals surface area contributed by atoms with Crippen LogP contribution in [0.3, 0.4) is 0 Å². The number of fused-ring (bicyclic) bond motifs is 1. The molecule has 2 aliphatic heterocycles. The molecule has 0 aromatic heterocycles. The van der Waals surface area contributed by atoms with Gasteiger partial charge in [0.25, 0.3) is 5.79 Å². The van der Waals surface area contributed by atoms with Crippen LogP contribution in [0.15, 0.2) is 24.5 Å². The molecule has 7 rings (SSSR count). The van der Waals surface area contributed by atoms with Crippen LogP contribution in [0.1, 0.15) is 54.4 Å². The molecule has 2 spiro atoms. The predicted octanol–water partition coefficient (Wildman–Crippen LogP) is 2.98. The van der Waals surface area contributed by atoms with E-state index < -0.39 is 39.8 Å². The van der Waals surface area contributed by atoms with Crippen LogP contribution in [0, 0.1) is 51.2 Å². The number of hydrogen-bond donors (Lipinski definition) is 2. The molecule has 2 N–H and O–H groups in total. The molecule has 5 aliphatic carbocycles. The fourth-order valence-electron chi connectivity index (χ4n) is 9.55. The fourth-order valence-corrected chi connectivity index (χ4v) is 9.55. The lowest BCUT2D eigenvalue weighted by Crippen LogP contribution is -2.91. The van der Waals surface area contributed by atoms with Crippen molar-refractivity contribution >= 4 is 11.6 Å². The first-order chi connectivity index (χ1) is 14.7. The van der Waals surface area contributed by atoms with E-state index in [1.54, 1.807) is 12.2 Å². The zero-order chi connectivity index (χ0) is 23.3. The standard InChI is InChI=1S/C26H34O6/c1-21(2)10-9-15(27)24-11-12-31-26(20(29)18(21)24,32-23(5,6)30)25-14(24)8-7-13-16(25)17(19(25)28)22(13,3)4/h9-14,16-18,20,29-30H,7-8H2,1-6H3. The van der Waals surface area contributed by atoms with Crippen LogP contribution < -0.4 is 0 Å². The van der Waals surface area contributed by atoms with E-state index in [-0.39, 0.29) is 40.7 Å². The number of carbonyl (C=O) groups excluding carboxylic acids is 2. The zero-order valence-corrected chi connectivity index (χ0v) is 19.7. The number of hydrogen-bond acceptors (Lipinski definition) is 6. The van der Waals surface area contributed by atoms with E-state index in [1.807, 2.05) is 19.9 Å². The maximum absolute atomic E-state index is 14.2. The highest BCUT2D eigenvalue weighted by Gasteiger charge is 2.93. The quantitative estimate of drug-likeness (QED) is 0.639. The molecule has 2 heterocycles. The van der Waals surface area contributed by atoms with Crippen LogP contribution in [0.2, 0.25) is 0 Å². The predicted molar refractivity (Wildman–Crippen MR) is 115 cm³/mol. The van der Waals surface area contributed by atoms with Gasteiger partial charge in [-0.05, 0) is 67.4 Å². The SMILES string of the molecule is CC(C)(O)OC12OC=CC3(C(=O)C=CC(C)(C)C3C1O)C1CCC3C4C(C(=O)C412)C3(C)C. The number of ketones is 2. The van der Waals surface area contributed by atoms with Crippen LogP contribution in [0.4, 0.5) is 0 Å². The van der Waals surface area contributed by atoms with Crippen molar-refractivity contribution in [2.24, 2.45) is 51.2 Å². The van der Waals surface area contributed by atoms with Crippen molar-refractivity contribution in [3.8, 4) is 0 Å². The van der Waals surface area contributed by atoms with Gasteiger partial charge in [0.15, 0.2) is 11.6 Å². The van der Waals surface area contributed by atoms with E-state index in [2.05, 4.69) is 13.8 Å². The van der Waals surface area contributed by atoms with Gasteiger partial charge in [0.05, 0.1) is 11.7 Å². The minimum Gasteiger partial charge on any atom is -0.466 e. The summed E-state index contributed by atoms with van der Waals surface area (Å²) in [6.45, 7) is 11.3. The van der Waals surface area contributed by atoms with E-state index in [0.29, 0.717) is 6.42 Å². The Kier molecular flexibility index (Phi) is 3.57. The number of carbonyl (C=O) groups is 2. The van der Waals surface area contributed by atoms with Gasteiger partial charge in [-0.1, -0.05) is 33.8 Å². The van der Waals surface area contributed by atoms with Gasteiger partial charge in [-0.25, -0.2) is 0 Å². The van der Waals surface area contributed by atoms with Gasteiger partial charge < -0.3 is 19.7 Å². The van der Waals surface area contributed by atoms with Gasteiger partial charge >= 0.3 is 0 Å². The minimum absolute atomic E-state index is 0.0263. The molecular formula is C26H34O6. The summed E-state index contributed by atoms with van der Waals surface area (Å²) in [7, 11) is 0. The van der Waals surface area contributed by atoms with E-state index in [0.717, 1.165) is 6.42 Å².